The topological polar surface area (TPSA) is 78.5 Å². The Morgan fingerprint density at radius 2 is 1.36 bits per heavy atom. The van der Waals surface area contributed by atoms with E-state index in [0.717, 1.165) is 5.69 Å². The van der Waals surface area contributed by atoms with Crippen molar-refractivity contribution >= 4 is 54.5 Å². The maximum atomic E-state index is 10.9. The van der Waals surface area contributed by atoms with Gasteiger partial charge < -0.3 is 21.3 Å². The van der Waals surface area contributed by atoms with Crippen molar-refractivity contribution in [2.24, 2.45) is 0 Å². The lowest BCUT2D eigenvalue weighted by molar-refractivity contribution is 0.479. The number of nitrogens with two attached hydrogens (primary N) is 1. The molecule has 124 valence electrons. The second kappa shape index (κ2) is 5.86. The Morgan fingerprint density at radius 1 is 0.800 bits per heavy atom. The molecule has 0 unspecified atom stereocenters. The van der Waals surface area contributed by atoms with Crippen molar-refractivity contribution in [3.8, 4) is 11.5 Å². The second-order valence-corrected chi connectivity index (χ2v) is 6.66. The molecule has 0 saturated carbocycles. The number of phenolic OH excluding ortho intramolecular Hbond substituents is 2. The molecule has 0 saturated heterocycles. The molecule has 0 atom stereocenters. The number of rotatable bonds is 2. The number of anilines is 3. The van der Waals surface area contributed by atoms with Crippen LogP contribution in [0.15, 0.2) is 65.1 Å². The molecule has 0 amide bonds. The molecule has 0 bridgehead atoms. The van der Waals surface area contributed by atoms with Gasteiger partial charge in [-0.3, -0.25) is 0 Å². The molecule has 0 aromatic heterocycles. The number of fused-ring (bicyclic) bond motifs is 2. The Morgan fingerprint density at radius 3 is 2.00 bits per heavy atom. The highest BCUT2D eigenvalue weighted by Crippen LogP contribution is 2.49. The molecule has 4 aromatic carbocycles. The second-order valence-electron chi connectivity index (χ2n) is 5.80. The van der Waals surface area contributed by atoms with Gasteiger partial charge in [0.05, 0.1) is 22.1 Å². The number of phenols is 2. The zero-order chi connectivity index (χ0) is 17.6. The first kappa shape index (κ1) is 15.6. The molecule has 0 heterocycles. The smallest absolute Gasteiger partial charge is 0.133 e. The molecule has 4 rings (SSSR count). The largest absolute Gasteiger partial charge is 0.507 e. The van der Waals surface area contributed by atoms with Crippen LogP contribution in [0, 0.1) is 0 Å². The van der Waals surface area contributed by atoms with E-state index in [2.05, 4.69) is 21.2 Å². The molecule has 5 heteroatoms. The normalized spacial score (nSPS) is 11.1. The van der Waals surface area contributed by atoms with Gasteiger partial charge in [-0.1, -0.05) is 42.5 Å². The number of para-hydroxylation sites is 1. The number of aromatic hydroxyl groups is 2. The van der Waals surface area contributed by atoms with Crippen molar-refractivity contribution in [1.82, 2.24) is 0 Å². The Labute approximate surface area is 152 Å². The van der Waals surface area contributed by atoms with Crippen LogP contribution in [0.5, 0.6) is 11.5 Å². The molecule has 0 aliphatic rings. The molecule has 4 nitrogen and oxygen atoms in total. The van der Waals surface area contributed by atoms with Crippen molar-refractivity contribution < 1.29 is 10.2 Å². The van der Waals surface area contributed by atoms with Gasteiger partial charge in [-0.05, 0) is 34.1 Å². The van der Waals surface area contributed by atoms with Crippen LogP contribution in [-0.4, -0.2) is 10.2 Å². The van der Waals surface area contributed by atoms with Gasteiger partial charge >= 0.3 is 0 Å². The number of nitrogen functional groups attached to an aromatic ring is 1. The first-order valence-corrected chi connectivity index (χ1v) is 8.53. The lowest BCUT2D eigenvalue weighted by Gasteiger charge is -2.17. The van der Waals surface area contributed by atoms with Crippen LogP contribution in [0.1, 0.15) is 0 Å². The fourth-order valence-electron chi connectivity index (χ4n) is 3.10. The van der Waals surface area contributed by atoms with Gasteiger partial charge in [0, 0.05) is 20.9 Å². The Kier molecular flexibility index (Phi) is 3.66. The van der Waals surface area contributed by atoms with Crippen molar-refractivity contribution in [2.75, 3.05) is 11.1 Å². The Bertz CT molecular complexity index is 1110. The Balaban J connectivity index is 2.12. The number of benzene rings is 4. The standard InChI is InChI=1S/C20H15BrN2O2/c21-14-10-15(23-11-6-2-1-3-7-11)16-17(18(14)22)20(25)13-9-5-4-8-12(13)19(16)24/h1-10,23-25H,22H2. The molecular weight excluding hydrogens is 380 g/mol. The first-order chi connectivity index (χ1) is 12.1. The van der Waals surface area contributed by atoms with E-state index in [0.29, 0.717) is 37.4 Å². The van der Waals surface area contributed by atoms with Crippen molar-refractivity contribution in [2.45, 2.75) is 0 Å². The maximum absolute atomic E-state index is 10.9. The van der Waals surface area contributed by atoms with E-state index in [1.165, 1.54) is 0 Å². The minimum Gasteiger partial charge on any atom is -0.507 e. The molecule has 5 N–H and O–H groups in total. The van der Waals surface area contributed by atoms with Gasteiger partial charge in [-0.25, -0.2) is 0 Å². The van der Waals surface area contributed by atoms with E-state index >= 15 is 0 Å². The first-order valence-electron chi connectivity index (χ1n) is 7.74. The van der Waals surface area contributed by atoms with Gasteiger partial charge in [0.2, 0.25) is 0 Å². The summed E-state index contributed by atoms with van der Waals surface area (Å²) in [6.07, 6.45) is 0. The number of hydrogen-bond donors (Lipinski definition) is 4. The third kappa shape index (κ3) is 2.44. The van der Waals surface area contributed by atoms with E-state index in [1.54, 1.807) is 18.2 Å². The van der Waals surface area contributed by atoms with Crippen molar-refractivity contribution in [3.05, 3.63) is 65.1 Å². The van der Waals surface area contributed by atoms with Gasteiger partial charge in [0.1, 0.15) is 11.5 Å². The fourth-order valence-corrected chi connectivity index (χ4v) is 3.53. The lowest BCUT2D eigenvalue weighted by atomic mass is 9.98. The zero-order valence-electron chi connectivity index (χ0n) is 13.1. The number of nitrogens with one attached hydrogen (secondary N) is 1. The van der Waals surface area contributed by atoms with Crippen LogP contribution in [0.3, 0.4) is 0 Å². The predicted molar refractivity (Wildman–Crippen MR) is 107 cm³/mol. The monoisotopic (exact) mass is 394 g/mol. The molecule has 0 radical (unpaired) electrons. The summed E-state index contributed by atoms with van der Waals surface area (Å²) in [5, 5.41) is 27.0. The van der Waals surface area contributed by atoms with Crippen LogP contribution >= 0.6 is 15.9 Å². The van der Waals surface area contributed by atoms with Gasteiger partial charge in [-0.15, -0.1) is 0 Å². The minimum atomic E-state index is 0.0540. The summed E-state index contributed by atoms with van der Waals surface area (Å²) in [4.78, 5) is 0. The molecule has 25 heavy (non-hydrogen) atoms. The van der Waals surface area contributed by atoms with Gasteiger partial charge in [0.15, 0.2) is 0 Å². The lowest BCUT2D eigenvalue weighted by Crippen LogP contribution is -1.97. The van der Waals surface area contributed by atoms with Crippen molar-refractivity contribution in [1.29, 1.82) is 0 Å². The third-order valence-electron chi connectivity index (χ3n) is 4.28. The van der Waals surface area contributed by atoms with E-state index < -0.39 is 0 Å². The summed E-state index contributed by atoms with van der Waals surface area (Å²) < 4.78 is 0.642. The minimum absolute atomic E-state index is 0.0540. The zero-order valence-corrected chi connectivity index (χ0v) is 14.7. The predicted octanol–water partition coefficient (Wildman–Crippen LogP) is 5.49. The van der Waals surface area contributed by atoms with Crippen LogP contribution in [0.25, 0.3) is 21.5 Å². The summed E-state index contributed by atoms with van der Waals surface area (Å²) in [5.41, 5.74) is 8.10. The maximum Gasteiger partial charge on any atom is 0.133 e. The summed E-state index contributed by atoms with van der Waals surface area (Å²) >= 11 is 3.45. The number of hydrogen-bond acceptors (Lipinski definition) is 4. The van der Waals surface area contributed by atoms with E-state index in [-0.39, 0.29) is 11.5 Å². The Hall–Kier alpha value is -2.92. The summed E-state index contributed by atoms with van der Waals surface area (Å²) in [7, 11) is 0. The van der Waals surface area contributed by atoms with E-state index in [9.17, 15) is 10.2 Å². The highest BCUT2D eigenvalue weighted by atomic mass is 79.9. The summed E-state index contributed by atoms with van der Waals surface area (Å²) in [5.74, 6) is 0.138. The third-order valence-corrected chi connectivity index (χ3v) is 4.94. The SMILES string of the molecule is Nc1c(Br)cc(Nc2ccccc2)c2c(O)c3ccccc3c(O)c12. The van der Waals surface area contributed by atoms with E-state index in [1.807, 2.05) is 42.5 Å². The quantitative estimate of drug-likeness (QED) is 0.206. The van der Waals surface area contributed by atoms with E-state index in [4.69, 9.17) is 5.73 Å². The fraction of sp³-hybridized carbons (Fsp3) is 0. The highest BCUT2D eigenvalue weighted by molar-refractivity contribution is 9.10. The molecule has 0 spiro atoms. The van der Waals surface area contributed by atoms with Crippen LogP contribution in [0.4, 0.5) is 17.1 Å². The van der Waals surface area contributed by atoms with Crippen LogP contribution in [0.2, 0.25) is 0 Å². The molecular formula is C20H15BrN2O2. The molecule has 0 fully saturated rings. The molecule has 4 aromatic rings. The molecule has 0 aliphatic heterocycles. The van der Waals surface area contributed by atoms with Crippen LogP contribution < -0.4 is 11.1 Å². The van der Waals surface area contributed by atoms with Crippen LogP contribution in [-0.2, 0) is 0 Å². The molecule has 0 aliphatic carbocycles. The average Bonchev–Trinajstić information content (AvgIpc) is 2.63. The van der Waals surface area contributed by atoms with Gasteiger partial charge in [-0.2, -0.15) is 0 Å². The number of halogens is 1. The summed E-state index contributed by atoms with van der Waals surface area (Å²) in [6, 6.07) is 18.6. The van der Waals surface area contributed by atoms with Crippen molar-refractivity contribution in [3.63, 3.8) is 0 Å². The summed E-state index contributed by atoms with van der Waals surface area (Å²) in [6.45, 7) is 0. The highest BCUT2D eigenvalue weighted by Gasteiger charge is 2.20. The average molecular weight is 395 g/mol. The van der Waals surface area contributed by atoms with Gasteiger partial charge in [0.25, 0.3) is 0 Å².